The lowest BCUT2D eigenvalue weighted by Crippen LogP contribution is -2.24. The topological polar surface area (TPSA) is 77.1 Å². The Labute approximate surface area is 175 Å². The van der Waals surface area contributed by atoms with Crippen molar-refractivity contribution >= 4 is 17.3 Å². The Morgan fingerprint density at radius 1 is 1.10 bits per heavy atom. The molecule has 1 aliphatic rings. The van der Waals surface area contributed by atoms with E-state index >= 15 is 0 Å². The molecule has 0 amide bonds. The molecule has 0 bridgehead atoms. The van der Waals surface area contributed by atoms with Crippen LogP contribution in [-0.4, -0.2) is 51.0 Å². The summed E-state index contributed by atoms with van der Waals surface area (Å²) in [4.78, 5) is 21.9. The fraction of sp³-hybridized carbons (Fsp3) is 0.304. The van der Waals surface area contributed by atoms with Crippen LogP contribution in [0.25, 0.3) is 28.1 Å². The predicted molar refractivity (Wildman–Crippen MR) is 116 cm³/mol. The van der Waals surface area contributed by atoms with E-state index < -0.39 is 0 Å². The molecule has 1 aromatic carbocycles. The number of benzene rings is 1. The number of hydrogen-bond donors (Lipinski definition) is 0. The molecule has 4 heterocycles. The van der Waals surface area contributed by atoms with Crippen LogP contribution in [0.2, 0.25) is 0 Å². The van der Waals surface area contributed by atoms with E-state index in [4.69, 9.17) is 4.52 Å². The number of carbonyl (C=O) groups is 1. The number of carbonyl (C=O) groups excluding carboxylic acids is 1. The number of pyridine rings is 1. The van der Waals surface area contributed by atoms with E-state index in [-0.39, 0.29) is 0 Å². The van der Waals surface area contributed by atoms with E-state index in [0.29, 0.717) is 17.3 Å². The average Bonchev–Trinajstić information content (AvgIpc) is 3.40. The molecule has 4 aromatic rings. The molecule has 0 unspecified atom stereocenters. The smallest absolute Gasteiger partial charge is 0.223 e. The Balaban J connectivity index is 0.000000265. The van der Waals surface area contributed by atoms with Gasteiger partial charge in [-0.1, -0.05) is 23.7 Å². The van der Waals surface area contributed by atoms with Gasteiger partial charge in [0, 0.05) is 41.5 Å². The van der Waals surface area contributed by atoms with Gasteiger partial charge in [0.25, 0.3) is 0 Å². The monoisotopic (exact) mass is 403 g/mol. The summed E-state index contributed by atoms with van der Waals surface area (Å²) in [6.07, 6.45) is 8.56. The maximum atomic E-state index is 10.9. The van der Waals surface area contributed by atoms with E-state index in [2.05, 4.69) is 27.1 Å². The van der Waals surface area contributed by atoms with Crippen molar-refractivity contribution in [3.63, 3.8) is 0 Å². The molecule has 0 N–H and O–H groups in total. The van der Waals surface area contributed by atoms with Crippen molar-refractivity contribution in [3.05, 3.63) is 60.2 Å². The van der Waals surface area contributed by atoms with Gasteiger partial charge in [-0.05, 0) is 57.2 Å². The number of piperidine rings is 1. The quantitative estimate of drug-likeness (QED) is 0.475. The minimum absolute atomic E-state index is 0.528. The number of aldehydes is 1. The zero-order chi connectivity index (χ0) is 20.9. The lowest BCUT2D eigenvalue weighted by molar-refractivity contribution is 0.112. The van der Waals surface area contributed by atoms with Crippen LogP contribution in [0.5, 0.6) is 0 Å². The molecule has 5 rings (SSSR count). The number of rotatable bonds is 3. The predicted octanol–water partition coefficient (Wildman–Crippen LogP) is 4.30. The third-order valence-electron chi connectivity index (χ3n) is 5.17. The molecule has 1 saturated heterocycles. The van der Waals surface area contributed by atoms with E-state index in [1.807, 2.05) is 47.2 Å². The van der Waals surface area contributed by atoms with Gasteiger partial charge < -0.3 is 14.0 Å². The first kappa shape index (κ1) is 20.0. The van der Waals surface area contributed by atoms with Gasteiger partial charge in [-0.15, -0.1) is 0 Å². The number of nitrogens with zero attached hydrogens (tertiary/aromatic N) is 5. The molecule has 0 saturated carbocycles. The van der Waals surface area contributed by atoms with Crippen LogP contribution in [0.15, 0.2) is 53.3 Å². The summed E-state index contributed by atoms with van der Waals surface area (Å²) in [5, 5.41) is 4.86. The largest absolute Gasteiger partial charge is 0.339 e. The van der Waals surface area contributed by atoms with Crippen molar-refractivity contribution < 1.29 is 9.32 Å². The van der Waals surface area contributed by atoms with Crippen LogP contribution in [0.1, 0.15) is 35.5 Å². The Kier molecular flexibility index (Phi) is 5.99. The van der Waals surface area contributed by atoms with Gasteiger partial charge in [0.15, 0.2) is 6.29 Å². The van der Waals surface area contributed by atoms with E-state index in [1.54, 1.807) is 13.1 Å². The molecule has 1 aliphatic heterocycles. The average molecular weight is 403 g/mol. The Bertz CT molecular complexity index is 1140. The number of fused-ring (bicyclic) bond motifs is 1. The molecule has 0 spiro atoms. The molecule has 0 atom stereocenters. The van der Waals surface area contributed by atoms with Gasteiger partial charge in [-0.3, -0.25) is 4.79 Å². The highest BCUT2D eigenvalue weighted by Gasteiger charge is 2.09. The highest BCUT2D eigenvalue weighted by Crippen LogP contribution is 2.23. The van der Waals surface area contributed by atoms with Crippen LogP contribution < -0.4 is 0 Å². The summed E-state index contributed by atoms with van der Waals surface area (Å²) in [5.41, 5.74) is 3.15. The molecule has 154 valence electrons. The second-order valence-corrected chi connectivity index (χ2v) is 7.54. The van der Waals surface area contributed by atoms with Crippen molar-refractivity contribution in [2.45, 2.75) is 26.2 Å². The van der Waals surface area contributed by atoms with Crippen molar-refractivity contribution in [2.24, 2.45) is 0 Å². The number of aromatic nitrogens is 4. The lowest BCUT2D eigenvalue weighted by Gasteiger charge is -2.20. The van der Waals surface area contributed by atoms with Gasteiger partial charge >= 0.3 is 0 Å². The highest BCUT2D eigenvalue weighted by molar-refractivity contribution is 5.85. The van der Waals surface area contributed by atoms with E-state index in [9.17, 15) is 4.79 Å². The summed E-state index contributed by atoms with van der Waals surface area (Å²) >= 11 is 0. The third kappa shape index (κ3) is 4.46. The Morgan fingerprint density at radius 2 is 1.93 bits per heavy atom. The minimum atomic E-state index is 0.528. The Hall–Kier alpha value is -3.32. The zero-order valence-electron chi connectivity index (χ0n) is 17.3. The number of hydrogen-bond acceptors (Lipinski definition) is 6. The lowest BCUT2D eigenvalue weighted by atomic mass is 10.1. The van der Waals surface area contributed by atoms with Crippen molar-refractivity contribution in [3.8, 4) is 17.1 Å². The summed E-state index contributed by atoms with van der Waals surface area (Å²) in [5.74, 6) is 1.08. The second kappa shape index (κ2) is 9.00. The second-order valence-electron chi connectivity index (χ2n) is 7.54. The van der Waals surface area contributed by atoms with Gasteiger partial charge in [-0.2, -0.15) is 4.98 Å². The number of aryl methyl sites for hydroxylation is 1. The van der Waals surface area contributed by atoms with Gasteiger partial charge in [0.05, 0.1) is 0 Å². The Morgan fingerprint density at radius 3 is 2.60 bits per heavy atom. The van der Waals surface area contributed by atoms with Crippen LogP contribution >= 0.6 is 0 Å². The van der Waals surface area contributed by atoms with Crippen LogP contribution in [0, 0.1) is 6.92 Å². The van der Waals surface area contributed by atoms with Gasteiger partial charge in [0.1, 0.15) is 5.65 Å². The molecule has 3 aromatic heterocycles. The molecule has 1 fully saturated rings. The molecule has 7 heteroatoms. The summed E-state index contributed by atoms with van der Waals surface area (Å²) < 4.78 is 6.99. The first-order valence-electron chi connectivity index (χ1n) is 10.2. The van der Waals surface area contributed by atoms with Crippen LogP contribution in [-0.2, 0) is 0 Å². The maximum absolute atomic E-state index is 10.9. The first-order valence-corrected chi connectivity index (χ1v) is 10.2. The maximum Gasteiger partial charge on any atom is 0.223 e. The summed E-state index contributed by atoms with van der Waals surface area (Å²) in [6.45, 7) is 4.40. The summed E-state index contributed by atoms with van der Waals surface area (Å²) in [7, 11) is 2.19. The normalized spacial score (nSPS) is 14.3. The fourth-order valence-corrected chi connectivity index (χ4v) is 3.58. The van der Waals surface area contributed by atoms with Crippen LogP contribution in [0.3, 0.4) is 0 Å². The minimum Gasteiger partial charge on any atom is -0.339 e. The molecular weight excluding hydrogens is 378 g/mol. The molecule has 0 radical (unpaired) electrons. The van der Waals surface area contributed by atoms with Gasteiger partial charge in [0.2, 0.25) is 11.7 Å². The third-order valence-corrected chi connectivity index (χ3v) is 5.17. The first-order chi connectivity index (χ1) is 14.6. The molecular formula is C23H25N5O2. The summed E-state index contributed by atoms with van der Waals surface area (Å²) in [6, 6.07) is 11.6. The molecule has 0 aliphatic carbocycles. The molecule has 30 heavy (non-hydrogen) atoms. The van der Waals surface area contributed by atoms with Crippen LogP contribution in [0.4, 0.5) is 0 Å². The SMILES string of the molecule is CN1CCCCC1.Cc1nc(-c2cccc(-n3ccc4cc(C=O)cnc43)c2)no1. The fourth-order valence-electron chi connectivity index (χ4n) is 3.58. The standard InChI is InChI=1S/C17H12N4O2.C6H13N/c1-11-19-16(20-23-11)13-3-2-4-15(8-13)21-6-5-14-7-12(10-22)9-18-17(14)21;1-7-5-3-2-4-6-7/h2-10H,1H3;2-6H2,1H3. The zero-order valence-corrected chi connectivity index (χ0v) is 17.3. The molecule has 7 nitrogen and oxygen atoms in total. The van der Waals surface area contributed by atoms with Crippen molar-refractivity contribution in [1.29, 1.82) is 0 Å². The number of likely N-dealkylation sites (tertiary alicyclic amines) is 1. The van der Waals surface area contributed by atoms with E-state index in [1.165, 1.54) is 32.4 Å². The van der Waals surface area contributed by atoms with Gasteiger partial charge in [-0.25, -0.2) is 4.98 Å². The van der Waals surface area contributed by atoms with Crippen molar-refractivity contribution in [1.82, 2.24) is 24.6 Å². The van der Waals surface area contributed by atoms with Crippen molar-refractivity contribution in [2.75, 3.05) is 20.1 Å². The highest BCUT2D eigenvalue weighted by atomic mass is 16.5. The van der Waals surface area contributed by atoms with E-state index in [0.717, 1.165) is 28.6 Å².